The van der Waals surface area contributed by atoms with Gasteiger partial charge in [-0.05, 0) is 19.1 Å². The molecule has 4 nitrogen and oxygen atoms in total. The van der Waals surface area contributed by atoms with Gasteiger partial charge in [0, 0.05) is 12.7 Å². The van der Waals surface area contributed by atoms with Crippen molar-refractivity contribution in [2.24, 2.45) is 0 Å². The van der Waals surface area contributed by atoms with Gasteiger partial charge >= 0.3 is 5.97 Å². The summed E-state index contributed by atoms with van der Waals surface area (Å²) in [4.78, 5) is 23.5. The highest BCUT2D eigenvalue weighted by atomic mass is 16.4. The second-order valence-electron chi connectivity index (χ2n) is 3.30. The molecule has 15 heavy (non-hydrogen) atoms. The van der Waals surface area contributed by atoms with Crippen molar-refractivity contribution >= 4 is 17.4 Å². The van der Waals surface area contributed by atoms with Crippen LogP contribution < -0.4 is 4.90 Å². The number of carboxylic acid groups (broad SMARTS) is 1. The van der Waals surface area contributed by atoms with Gasteiger partial charge in [0.1, 0.15) is 0 Å². The Hall–Kier alpha value is -1.84. The first kappa shape index (κ1) is 11.2. The highest BCUT2D eigenvalue weighted by Crippen LogP contribution is 2.14. The summed E-state index contributed by atoms with van der Waals surface area (Å²) in [5, 5.41) is 8.91. The second-order valence-corrected chi connectivity index (χ2v) is 3.30. The van der Waals surface area contributed by atoms with Gasteiger partial charge in [0.15, 0.2) is 11.8 Å². The first-order chi connectivity index (χ1) is 7.04. The molecule has 1 rings (SSSR count). The maximum absolute atomic E-state index is 11.2. The summed E-state index contributed by atoms with van der Waals surface area (Å²) in [5.41, 5.74) is 0.708. The number of nitrogens with zero attached hydrogens (tertiary/aromatic N) is 1. The molecule has 0 bridgehead atoms. The van der Waals surface area contributed by atoms with Crippen molar-refractivity contribution in [1.29, 1.82) is 0 Å². The highest BCUT2D eigenvalue weighted by Gasteiger charge is 2.27. The van der Waals surface area contributed by atoms with E-state index in [9.17, 15) is 9.59 Å². The third-order valence-corrected chi connectivity index (χ3v) is 2.17. The number of hydrogen-bond acceptors (Lipinski definition) is 3. The molecule has 0 saturated carbocycles. The number of aliphatic carboxylic acids is 1. The Morgan fingerprint density at radius 2 is 1.80 bits per heavy atom. The molecule has 0 unspecified atom stereocenters. The summed E-state index contributed by atoms with van der Waals surface area (Å²) < 4.78 is 0. The van der Waals surface area contributed by atoms with E-state index in [1.807, 2.05) is 6.07 Å². The number of benzene rings is 1. The van der Waals surface area contributed by atoms with Crippen LogP contribution in [0.1, 0.15) is 6.92 Å². The van der Waals surface area contributed by atoms with E-state index in [0.29, 0.717) is 5.69 Å². The average Bonchev–Trinajstić information content (AvgIpc) is 2.18. The zero-order valence-electron chi connectivity index (χ0n) is 8.68. The van der Waals surface area contributed by atoms with Crippen LogP contribution >= 0.6 is 0 Å². The van der Waals surface area contributed by atoms with Crippen molar-refractivity contribution in [2.75, 3.05) is 11.9 Å². The lowest BCUT2D eigenvalue weighted by atomic mass is 10.1. The normalized spacial score (nSPS) is 11.9. The van der Waals surface area contributed by atoms with Gasteiger partial charge in [-0.25, -0.2) is 4.79 Å². The minimum absolute atomic E-state index is 0.381. The van der Waals surface area contributed by atoms with Crippen LogP contribution in [-0.4, -0.2) is 29.9 Å². The van der Waals surface area contributed by atoms with Gasteiger partial charge in [-0.1, -0.05) is 18.2 Å². The summed E-state index contributed by atoms with van der Waals surface area (Å²) in [6.45, 7) is 1.28. The van der Waals surface area contributed by atoms with Crippen molar-refractivity contribution in [1.82, 2.24) is 0 Å². The van der Waals surface area contributed by atoms with Crippen LogP contribution in [0.4, 0.5) is 5.69 Å². The number of ketones is 1. The molecular weight excluding hydrogens is 194 g/mol. The minimum Gasteiger partial charge on any atom is -0.479 e. The van der Waals surface area contributed by atoms with Gasteiger partial charge in [0.2, 0.25) is 0 Å². The maximum Gasteiger partial charge on any atom is 0.334 e. The quantitative estimate of drug-likeness (QED) is 0.753. The number of carbonyl (C=O) groups excluding carboxylic acids is 1. The summed E-state index contributed by atoms with van der Waals surface area (Å²) in [7, 11) is 1.59. The van der Waals surface area contributed by atoms with E-state index in [1.165, 1.54) is 11.8 Å². The van der Waals surface area contributed by atoms with Crippen LogP contribution in [0.5, 0.6) is 0 Å². The van der Waals surface area contributed by atoms with Crippen molar-refractivity contribution in [3.05, 3.63) is 30.3 Å². The average molecular weight is 207 g/mol. The Morgan fingerprint density at radius 1 is 1.27 bits per heavy atom. The molecular formula is C11H13NO3. The Bertz CT molecular complexity index is 347. The van der Waals surface area contributed by atoms with Crippen LogP contribution in [0.25, 0.3) is 0 Å². The minimum atomic E-state index is -1.13. The van der Waals surface area contributed by atoms with E-state index in [1.54, 1.807) is 31.3 Å². The standard InChI is InChI=1S/C11H13NO3/c1-8(13)10(11(14)15)12(2)9-6-4-3-5-7-9/h3-7,10H,1-2H3,(H,14,15)/t10-/m0/s1. The third-order valence-electron chi connectivity index (χ3n) is 2.17. The first-order valence-corrected chi connectivity index (χ1v) is 4.55. The van der Waals surface area contributed by atoms with Crippen LogP contribution in [0.2, 0.25) is 0 Å². The summed E-state index contributed by atoms with van der Waals surface area (Å²) in [5.74, 6) is -1.51. The molecule has 0 aromatic heterocycles. The zero-order valence-corrected chi connectivity index (χ0v) is 8.68. The number of para-hydroxylation sites is 1. The van der Waals surface area contributed by atoms with E-state index < -0.39 is 12.0 Å². The second kappa shape index (κ2) is 4.59. The molecule has 4 heteroatoms. The van der Waals surface area contributed by atoms with Crippen LogP contribution in [0.3, 0.4) is 0 Å². The molecule has 0 aliphatic heterocycles. The molecule has 1 aromatic carbocycles. The molecule has 0 amide bonds. The Labute approximate surface area is 88.1 Å². The molecule has 0 aliphatic carbocycles. The largest absolute Gasteiger partial charge is 0.479 e. The lowest BCUT2D eigenvalue weighted by Crippen LogP contribution is -2.43. The SMILES string of the molecule is CC(=O)[C@@H](C(=O)O)N(C)c1ccccc1. The molecule has 0 heterocycles. The molecule has 0 aliphatic rings. The van der Waals surface area contributed by atoms with Crippen molar-refractivity contribution < 1.29 is 14.7 Å². The van der Waals surface area contributed by atoms with Gasteiger partial charge in [-0.15, -0.1) is 0 Å². The van der Waals surface area contributed by atoms with Gasteiger partial charge in [-0.2, -0.15) is 0 Å². The lowest BCUT2D eigenvalue weighted by Gasteiger charge is -2.24. The predicted molar refractivity (Wildman–Crippen MR) is 56.9 cm³/mol. The summed E-state index contributed by atoms with van der Waals surface area (Å²) in [6.07, 6.45) is 0. The Balaban J connectivity index is 2.96. The maximum atomic E-state index is 11.2. The van der Waals surface area contributed by atoms with Crippen LogP contribution in [0.15, 0.2) is 30.3 Å². The van der Waals surface area contributed by atoms with Crippen molar-refractivity contribution in [3.63, 3.8) is 0 Å². The first-order valence-electron chi connectivity index (χ1n) is 4.55. The van der Waals surface area contributed by atoms with Gasteiger partial charge in [0.05, 0.1) is 0 Å². The smallest absolute Gasteiger partial charge is 0.334 e. The van der Waals surface area contributed by atoms with Crippen LogP contribution in [-0.2, 0) is 9.59 Å². The number of carbonyl (C=O) groups is 2. The molecule has 1 aromatic rings. The number of carboxylic acids is 1. The van der Waals surface area contributed by atoms with Gasteiger partial charge < -0.3 is 10.0 Å². The van der Waals surface area contributed by atoms with E-state index in [4.69, 9.17) is 5.11 Å². The number of hydrogen-bond donors (Lipinski definition) is 1. The summed E-state index contributed by atoms with van der Waals surface area (Å²) in [6, 6.07) is 7.83. The van der Waals surface area contributed by atoms with Crippen molar-refractivity contribution in [3.8, 4) is 0 Å². The molecule has 0 spiro atoms. The van der Waals surface area contributed by atoms with E-state index in [0.717, 1.165) is 0 Å². The van der Waals surface area contributed by atoms with Crippen molar-refractivity contribution in [2.45, 2.75) is 13.0 Å². The molecule has 0 saturated heterocycles. The number of Topliss-reactive ketones (excluding diaryl/α,β-unsaturated/α-hetero) is 1. The molecule has 1 atom stereocenters. The third kappa shape index (κ3) is 2.56. The molecule has 1 N–H and O–H groups in total. The Morgan fingerprint density at radius 3 is 2.20 bits per heavy atom. The topological polar surface area (TPSA) is 57.6 Å². The molecule has 0 radical (unpaired) electrons. The number of anilines is 1. The zero-order chi connectivity index (χ0) is 11.4. The van der Waals surface area contributed by atoms with E-state index >= 15 is 0 Å². The van der Waals surface area contributed by atoms with E-state index in [-0.39, 0.29) is 5.78 Å². The monoisotopic (exact) mass is 207 g/mol. The summed E-state index contributed by atoms with van der Waals surface area (Å²) >= 11 is 0. The fraction of sp³-hybridized carbons (Fsp3) is 0.273. The van der Waals surface area contributed by atoms with Crippen LogP contribution in [0, 0.1) is 0 Å². The predicted octanol–water partition coefficient (Wildman–Crippen LogP) is 1.16. The fourth-order valence-electron chi connectivity index (χ4n) is 1.42. The molecule has 0 fully saturated rings. The van der Waals surface area contributed by atoms with Gasteiger partial charge in [0.25, 0.3) is 0 Å². The van der Waals surface area contributed by atoms with E-state index in [2.05, 4.69) is 0 Å². The van der Waals surface area contributed by atoms with Gasteiger partial charge in [-0.3, -0.25) is 4.79 Å². The highest BCUT2D eigenvalue weighted by molar-refractivity contribution is 6.04. The molecule has 80 valence electrons. The number of rotatable bonds is 4. The lowest BCUT2D eigenvalue weighted by molar-refractivity contribution is -0.141. The number of likely N-dealkylation sites (N-methyl/N-ethyl adjacent to an activating group) is 1. The fourth-order valence-corrected chi connectivity index (χ4v) is 1.42. The Kier molecular flexibility index (Phi) is 3.44.